The third-order valence-electron chi connectivity index (χ3n) is 11.0. The maximum Gasteiger partial charge on any atom is 0.296 e. The lowest BCUT2D eigenvalue weighted by Gasteiger charge is -2.31. The van der Waals surface area contributed by atoms with Crippen molar-refractivity contribution in [2.45, 2.75) is 58.7 Å². The summed E-state index contributed by atoms with van der Waals surface area (Å²) < 4.78 is 1.77. The van der Waals surface area contributed by atoms with Gasteiger partial charge in [0.05, 0.1) is 13.1 Å². The summed E-state index contributed by atoms with van der Waals surface area (Å²) in [4.78, 5) is 75.7. The first-order chi connectivity index (χ1) is 31.8. The molecule has 1 aliphatic carbocycles. The molecule has 1 saturated heterocycles. The smallest absolute Gasteiger partial charge is 0.296 e. The summed E-state index contributed by atoms with van der Waals surface area (Å²) in [6, 6.07) is 17.6. The van der Waals surface area contributed by atoms with Crippen LogP contribution in [0.5, 0.6) is 0 Å². The Kier molecular flexibility index (Phi) is 15.2. The Balaban J connectivity index is 0.831. The van der Waals surface area contributed by atoms with Crippen LogP contribution < -0.4 is 27.0 Å². The molecule has 5 aromatic rings. The van der Waals surface area contributed by atoms with Gasteiger partial charge in [0.2, 0.25) is 23.4 Å². The average molecular weight is 908 g/mol. The number of rotatable bonds is 14. The minimum Gasteiger partial charge on any atom is -0.367 e. The van der Waals surface area contributed by atoms with E-state index in [0.717, 1.165) is 36.4 Å². The Hall–Kier alpha value is -6.92. The van der Waals surface area contributed by atoms with E-state index in [1.54, 1.807) is 67.5 Å². The van der Waals surface area contributed by atoms with Crippen LogP contribution in [0.2, 0.25) is 0 Å². The maximum atomic E-state index is 13.0. The Labute approximate surface area is 388 Å². The van der Waals surface area contributed by atoms with E-state index in [9.17, 15) is 24.0 Å². The van der Waals surface area contributed by atoms with E-state index in [1.165, 1.54) is 6.07 Å². The van der Waals surface area contributed by atoms with E-state index < -0.39 is 22.9 Å². The molecule has 1 aliphatic heterocycles. The van der Waals surface area contributed by atoms with Crippen LogP contribution in [0.3, 0.4) is 0 Å². The van der Waals surface area contributed by atoms with Gasteiger partial charge in [-0.05, 0) is 91.5 Å². The molecule has 2 aromatic heterocycles. The third-order valence-corrected chi connectivity index (χ3v) is 12.1. The first-order valence-electron chi connectivity index (χ1n) is 22.1. The van der Waals surface area contributed by atoms with Crippen molar-refractivity contribution >= 4 is 63.7 Å². The fourth-order valence-electron chi connectivity index (χ4n) is 7.37. The number of fused-ring (bicyclic) bond motifs is 4. The van der Waals surface area contributed by atoms with Gasteiger partial charge in [-0.3, -0.25) is 24.0 Å². The monoisotopic (exact) mass is 907 g/mol. The molecular weight excluding hydrogens is 855 g/mol. The minimum atomic E-state index is -0.648. The van der Waals surface area contributed by atoms with E-state index in [1.807, 2.05) is 24.3 Å². The highest BCUT2D eigenvalue weighted by molar-refractivity contribution is 7.99. The number of hydrogen-bond donors (Lipinski definition) is 5. The molecule has 1 fully saturated rings. The molecule has 3 aromatic carbocycles. The number of Topliss-reactive ketones (excluding diaryl/α,β-unsaturated/α-hetero) is 2. The molecule has 0 bridgehead atoms. The second-order valence-electron chi connectivity index (χ2n) is 17.1. The molecule has 0 spiro atoms. The number of piperidine rings is 1. The number of nitrogens with two attached hydrogens (primary N) is 1. The summed E-state index contributed by atoms with van der Waals surface area (Å²) in [6.45, 7) is 11.7. The number of carbonyl (C=O) groups is 5. The van der Waals surface area contributed by atoms with Crippen LogP contribution in [0.4, 0.5) is 11.5 Å². The van der Waals surface area contributed by atoms with Crippen molar-refractivity contribution in [3.05, 3.63) is 88.5 Å². The van der Waals surface area contributed by atoms with Gasteiger partial charge in [-0.15, -0.1) is 5.10 Å². The number of ketones is 2. The second-order valence-corrected chi connectivity index (χ2v) is 18.1. The summed E-state index contributed by atoms with van der Waals surface area (Å²) in [5, 5.41) is 21.2. The fraction of sp³-hybridized carbons (Fsp3) is 0.367. The highest BCUT2D eigenvalue weighted by Crippen LogP contribution is 2.36. The molecule has 0 saturated carbocycles. The van der Waals surface area contributed by atoms with Crippen molar-refractivity contribution in [2.24, 2.45) is 17.1 Å². The Morgan fingerprint density at radius 3 is 2.35 bits per heavy atom. The molecule has 17 heteroatoms. The number of nitrogens with one attached hydrogen (secondary N) is 4. The zero-order valence-electron chi connectivity index (χ0n) is 37.5. The summed E-state index contributed by atoms with van der Waals surface area (Å²) in [5.74, 6) is 11.1. The van der Waals surface area contributed by atoms with Crippen LogP contribution in [0.25, 0.3) is 22.3 Å². The lowest BCUT2D eigenvalue weighted by Crippen LogP contribution is -2.43. The van der Waals surface area contributed by atoms with Crippen molar-refractivity contribution in [3.63, 3.8) is 0 Å². The average Bonchev–Trinajstić information content (AvgIpc) is 3.72. The van der Waals surface area contributed by atoms with Gasteiger partial charge in [-0.25, -0.2) is 14.6 Å². The van der Waals surface area contributed by atoms with Crippen molar-refractivity contribution < 1.29 is 24.0 Å². The summed E-state index contributed by atoms with van der Waals surface area (Å²) in [5.41, 5.74) is 10.6. The zero-order valence-corrected chi connectivity index (χ0v) is 38.4. The summed E-state index contributed by atoms with van der Waals surface area (Å²) >= 11 is 1.59. The van der Waals surface area contributed by atoms with Crippen LogP contribution in [-0.4, -0.2) is 111 Å². The molecule has 2 aliphatic rings. The van der Waals surface area contributed by atoms with Gasteiger partial charge in [-0.1, -0.05) is 80.6 Å². The quantitative estimate of drug-likeness (QED) is 0.0449. The van der Waals surface area contributed by atoms with Crippen molar-refractivity contribution in [1.82, 2.24) is 40.5 Å². The van der Waals surface area contributed by atoms with Crippen LogP contribution in [0.15, 0.2) is 65.8 Å². The van der Waals surface area contributed by atoms with Gasteiger partial charge in [0, 0.05) is 77.1 Å². The number of likely N-dealkylation sites (tertiary alicyclic amines) is 1. The second kappa shape index (κ2) is 21.4. The Morgan fingerprint density at radius 1 is 0.864 bits per heavy atom. The molecule has 7 rings (SSSR count). The van der Waals surface area contributed by atoms with E-state index in [4.69, 9.17) is 10.7 Å². The molecule has 6 N–H and O–H groups in total. The normalized spacial score (nSPS) is 13.7. The van der Waals surface area contributed by atoms with Crippen molar-refractivity contribution in [2.75, 3.05) is 62.2 Å². The number of hydrogen-bond acceptors (Lipinski definition) is 13. The van der Waals surface area contributed by atoms with E-state index >= 15 is 0 Å². The fourth-order valence-corrected chi connectivity index (χ4v) is 8.07. The summed E-state index contributed by atoms with van der Waals surface area (Å²) in [6.07, 6.45) is 2.41. The Morgan fingerprint density at radius 2 is 1.61 bits per heavy atom. The number of benzene rings is 3. The van der Waals surface area contributed by atoms with E-state index in [-0.39, 0.29) is 35.4 Å². The first kappa shape index (κ1) is 47.1. The molecule has 0 unspecified atom stereocenters. The molecule has 0 atom stereocenters. The largest absolute Gasteiger partial charge is 0.367 e. The standard InChI is InChI=1S/C49H53N11O5S/c1-5-27-66-48-55-44(52-22-20-50)41-45(56-48)60(58-57-41)30-33-10-8-31(9-11-33)7-6-21-53-46(64)34-18-24-59(25-19-34)26-23-51-40(61)17-13-32-12-15-37-38(28-32)36-16-14-35(54-47(65)49(2,3)4)29-39(36)43(63)42(37)62/h8-12,14-16,28-29,34H,5,18-27,30,50H2,1-4H3,(H,51,61)(H,53,64)(H,54,65)(H,52,55,56). The lowest BCUT2D eigenvalue weighted by atomic mass is 9.83. The number of nitrogens with zero attached hydrogens (tertiary/aromatic N) is 6. The molecule has 3 amide bonds. The number of anilines is 2. The highest BCUT2D eigenvalue weighted by Gasteiger charge is 2.31. The summed E-state index contributed by atoms with van der Waals surface area (Å²) in [7, 11) is 0. The number of thioether (sulfide) groups is 1. The van der Waals surface area contributed by atoms with Gasteiger partial charge >= 0.3 is 0 Å². The topological polar surface area (TPSA) is 219 Å². The third kappa shape index (κ3) is 11.7. The molecule has 66 heavy (non-hydrogen) atoms. The van der Waals surface area contributed by atoms with Gasteiger partial charge in [-0.2, -0.15) is 0 Å². The SMILES string of the molecule is CCCSc1nc(NCCN)c2nnn(Cc3ccc(C#CCNC(=O)C4CCN(CCNC(=O)C#Cc5ccc6c(c5)-c5ccc(NC(=O)C(C)(C)C)cc5C(=O)C6=O)CC4)cc3)c2n1. The zero-order chi connectivity index (χ0) is 46.8. The molecule has 0 radical (unpaired) electrons. The van der Waals surface area contributed by atoms with Gasteiger partial charge in [0.1, 0.15) is 0 Å². The maximum absolute atomic E-state index is 13.0. The molecular formula is C49H53N11O5S. The van der Waals surface area contributed by atoms with Crippen molar-refractivity contribution in [1.29, 1.82) is 0 Å². The van der Waals surface area contributed by atoms with Gasteiger partial charge < -0.3 is 31.9 Å². The van der Waals surface area contributed by atoms with E-state index in [0.29, 0.717) is 90.1 Å². The van der Waals surface area contributed by atoms with Crippen LogP contribution >= 0.6 is 11.8 Å². The van der Waals surface area contributed by atoms with E-state index in [2.05, 4.69) is 72.1 Å². The molecule has 3 heterocycles. The van der Waals surface area contributed by atoms with Gasteiger partial charge in [0.25, 0.3) is 5.91 Å². The molecule has 340 valence electrons. The predicted octanol–water partition coefficient (Wildman–Crippen LogP) is 4.52. The minimum absolute atomic E-state index is 0.0136. The lowest BCUT2D eigenvalue weighted by molar-refractivity contribution is -0.126. The predicted molar refractivity (Wildman–Crippen MR) is 255 cm³/mol. The molecule has 16 nitrogen and oxygen atoms in total. The van der Waals surface area contributed by atoms with Crippen LogP contribution in [-0.2, 0) is 20.9 Å². The highest BCUT2D eigenvalue weighted by atomic mass is 32.2. The van der Waals surface area contributed by atoms with Crippen LogP contribution in [0, 0.1) is 35.0 Å². The van der Waals surface area contributed by atoms with Crippen molar-refractivity contribution in [3.8, 4) is 34.8 Å². The van der Waals surface area contributed by atoms with Crippen LogP contribution in [0.1, 0.15) is 84.4 Å². The van der Waals surface area contributed by atoms with Gasteiger partial charge in [0.15, 0.2) is 22.1 Å². The Bertz CT molecular complexity index is 2790. The number of aromatic nitrogens is 5. The first-order valence-corrected chi connectivity index (χ1v) is 23.0. The number of amides is 3. The number of carbonyl (C=O) groups excluding carboxylic acids is 5.